The number of rotatable bonds is 3. The number of anilines is 1. The van der Waals surface area contributed by atoms with Gasteiger partial charge in [0.15, 0.2) is 0 Å². The van der Waals surface area contributed by atoms with E-state index in [2.05, 4.69) is 11.9 Å². The van der Waals surface area contributed by atoms with Crippen LogP contribution in [0, 0.1) is 0 Å². The number of benzene rings is 1. The van der Waals surface area contributed by atoms with Crippen LogP contribution in [-0.2, 0) is 9.59 Å². The van der Waals surface area contributed by atoms with E-state index in [1.165, 1.54) is 6.92 Å². The molecule has 2 amide bonds. The van der Waals surface area contributed by atoms with Crippen LogP contribution in [0.1, 0.15) is 18.5 Å². The fourth-order valence-electron chi connectivity index (χ4n) is 2.05. The summed E-state index contributed by atoms with van der Waals surface area (Å²) in [5.41, 5.74) is 1.69. The Kier molecular flexibility index (Phi) is 2.95. The van der Waals surface area contributed by atoms with E-state index in [0.717, 1.165) is 11.3 Å². The molecule has 2 rings (SSSR count). The molecule has 0 spiro atoms. The van der Waals surface area contributed by atoms with Crippen molar-refractivity contribution in [2.45, 2.75) is 13.0 Å². The van der Waals surface area contributed by atoms with E-state index in [1.807, 2.05) is 24.3 Å². The molecule has 0 bridgehead atoms. The maximum absolute atomic E-state index is 12.2. The number of nitrogens with zero attached hydrogens (tertiary/aromatic N) is 1. The molecule has 1 aromatic rings. The summed E-state index contributed by atoms with van der Waals surface area (Å²) in [6, 6.07) is 6.90. The minimum atomic E-state index is -0.566. The van der Waals surface area contributed by atoms with Crippen molar-refractivity contribution in [3.8, 4) is 0 Å². The Labute approximate surface area is 99.9 Å². The first-order chi connectivity index (χ1) is 8.15. The van der Waals surface area contributed by atoms with Crippen molar-refractivity contribution in [2.75, 3.05) is 11.4 Å². The van der Waals surface area contributed by atoms with Crippen LogP contribution in [0.4, 0.5) is 5.69 Å². The van der Waals surface area contributed by atoms with E-state index in [9.17, 15) is 9.59 Å². The second kappa shape index (κ2) is 4.41. The fraction of sp³-hybridized carbons (Fsp3) is 0.231. The molecular formula is C13H14N2O2. The molecule has 17 heavy (non-hydrogen) atoms. The molecule has 1 aromatic carbocycles. The van der Waals surface area contributed by atoms with Crippen LogP contribution < -0.4 is 10.2 Å². The summed E-state index contributed by atoms with van der Waals surface area (Å²) in [4.78, 5) is 24.9. The van der Waals surface area contributed by atoms with E-state index < -0.39 is 6.04 Å². The first-order valence-electron chi connectivity index (χ1n) is 5.43. The first-order valence-corrected chi connectivity index (χ1v) is 5.43. The molecule has 4 nitrogen and oxygen atoms in total. The molecule has 1 N–H and O–H groups in total. The normalized spacial score (nSPS) is 17.8. The summed E-state index contributed by atoms with van der Waals surface area (Å²) in [6.45, 7) is 5.50. The standard InChI is InChI=1S/C13H14N2O2/c1-3-8-15-11-7-5-4-6-10(11)12(13(15)17)14-9(2)16/h3-7,12H,1,8H2,2H3,(H,14,16). The zero-order chi connectivity index (χ0) is 12.4. The highest BCUT2D eigenvalue weighted by Crippen LogP contribution is 2.35. The highest BCUT2D eigenvalue weighted by atomic mass is 16.2. The van der Waals surface area contributed by atoms with Gasteiger partial charge in [-0.25, -0.2) is 0 Å². The van der Waals surface area contributed by atoms with Crippen molar-refractivity contribution >= 4 is 17.5 Å². The smallest absolute Gasteiger partial charge is 0.254 e. The molecule has 0 aliphatic carbocycles. The van der Waals surface area contributed by atoms with Crippen molar-refractivity contribution in [1.82, 2.24) is 5.32 Å². The molecule has 1 aliphatic rings. The minimum Gasteiger partial charge on any atom is -0.341 e. The summed E-state index contributed by atoms with van der Waals surface area (Å²) in [7, 11) is 0. The van der Waals surface area contributed by atoms with Crippen LogP contribution in [0.2, 0.25) is 0 Å². The highest BCUT2D eigenvalue weighted by molar-refractivity contribution is 6.06. The van der Waals surface area contributed by atoms with Crippen molar-refractivity contribution < 1.29 is 9.59 Å². The lowest BCUT2D eigenvalue weighted by molar-refractivity contribution is -0.126. The number of hydrogen-bond donors (Lipinski definition) is 1. The lowest BCUT2D eigenvalue weighted by Crippen LogP contribution is -2.36. The summed E-state index contributed by atoms with van der Waals surface area (Å²) < 4.78 is 0. The van der Waals surface area contributed by atoms with Crippen LogP contribution in [0.15, 0.2) is 36.9 Å². The molecule has 1 heterocycles. The van der Waals surface area contributed by atoms with E-state index >= 15 is 0 Å². The van der Waals surface area contributed by atoms with Gasteiger partial charge in [0.05, 0.1) is 0 Å². The third-order valence-electron chi connectivity index (χ3n) is 2.71. The van der Waals surface area contributed by atoms with Gasteiger partial charge in [-0.15, -0.1) is 6.58 Å². The van der Waals surface area contributed by atoms with Crippen LogP contribution in [0.5, 0.6) is 0 Å². The largest absolute Gasteiger partial charge is 0.341 e. The Hall–Kier alpha value is -2.10. The van der Waals surface area contributed by atoms with Gasteiger partial charge in [0.2, 0.25) is 5.91 Å². The molecule has 1 atom stereocenters. The number of fused-ring (bicyclic) bond motifs is 1. The monoisotopic (exact) mass is 230 g/mol. The predicted octanol–water partition coefficient (Wildman–Crippen LogP) is 1.40. The molecular weight excluding hydrogens is 216 g/mol. The van der Waals surface area contributed by atoms with Gasteiger partial charge in [-0.3, -0.25) is 9.59 Å². The average Bonchev–Trinajstić information content (AvgIpc) is 2.55. The van der Waals surface area contributed by atoms with Crippen molar-refractivity contribution in [3.63, 3.8) is 0 Å². The second-order valence-corrected chi connectivity index (χ2v) is 3.93. The van der Waals surface area contributed by atoms with Crippen molar-refractivity contribution in [1.29, 1.82) is 0 Å². The molecule has 0 saturated carbocycles. The number of hydrogen-bond acceptors (Lipinski definition) is 2. The maximum atomic E-state index is 12.2. The number of para-hydroxylation sites is 1. The molecule has 0 radical (unpaired) electrons. The zero-order valence-electron chi connectivity index (χ0n) is 9.64. The van der Waals surface area contributed by atoms with E-state index in [4.69, 9.17) is 0 Å². The van der Waals surface area contributed by atoms with Gasteiger partial charge in [-0.2, -0.15) is 0 Å². The van der Waals surface area contributed by atoms with E-state index in [-0.39, 0.29) is 11.8 Å². The van der Waals surface area contributed by atoms with Crippen molar-refractivity contribution in [2.24, 2.45) is 0 Å². The molecule has 1 aliphatic heterocycles. The van der Waals surface area contributed by atoms with Gasteiger partial charge in [0.25, 0.3) is 5.91 Å². The number of carbonyl (C=O) groups excluding carboxylic acids is 2. The fourth-order valence-corrected chi connectivity index (χ4v) is 2.05. The topological polar surface area (TPSA) is 49.4 Å². The van der Waals surface area contributed by atoms with Gasteiger partial charge in [0, 0.05) is 24.7 Å². The van der Waals surface area contributed by atoms with Gasteiger partial charge in [-0.1, -0.05) is 24.3 Å². The average molecular weight is 230 g/mol. The molecule has 88 valence electrons. The molecule has 0 saturated heterocycles. The van der Waals surface area contributed by atoms with Gasteiger partial charge in [0.1, 0.15) is 6.04 Å². The minimum absolute atomic E-state index is 0.110. The number of carbonyl (C=O) groups is 2. The molecule has 0 fully saturated rings. The summed E-state index contributed by atoms with van der Waals surface area (Å²) in [5, 5.41) is 2.67. The third-order valence-corrected chi connectivity index (χ3v) is 2.71. The SMILES string of the molecule is C=CCN1C(=O)C(NC(C)=O)c2ccccc21. The number of amides is 2. The lowest BCUT2D eigenvalue weighted by atomic mass is 10.1. The Bertz CT molecular complexity index is 482. The maximum Gasteiger partial charge on any atom is 0.254 e. The van der Waals surface area contributed by atoms with Gasteiger partial charge < -0.3 is 10.2 Å². The molecule has 0 aromatic heterocycles. The first kappa shape index (κ1) is 11.4. The Balaban J connectivity index is 2.41. The lowest BCUT2D eigenvalue weighted by Gasteiger charge is -2.15. The molecule has 1 unspecified atom stereocenters. The molecule has 4 heteroatoms. The van der Waals surface area contributed by atoms with E-state index in [0.29, 0.717) is 6.54 Å². The Morgan fingerprint density at radius 2 is 2.24 bits per heavy atom. The Morgan fingerprint density at radius 3 is 2.88 bits per heavy atom. The summed E-state index contributed by atoms with van der Waals surface area (Å²) in [5.74, 6) is -0.320. The second-order valence-electron chi connectivity index (χ2n) is 3.93. The van der Waals surface area contributed by atoms with Crippen LogP contribution >= 0.6 is 0 Å². The summed E-state index contributed by atoms with van der Waals surface area (Å²) in [6.07, 6.45) is 1.67. The van der Waals surface area contributed by atoms with Gasteiger partial charge in [-0.05, 0) is 6.07 Å². The van der Waals surface area contributed by atoms with Gasteiger partial charge >= 0.3 is 0 Å². The predicted molar refractivity (Wildman–Crippen MR) is 65.5 cm³/mol. The third kappa shape index (κ3) is 1.93. The van der Waals surface area contributed by atoms with Crippen molar-refractivity contribution in [3.05, 3.63) is 42.5 Å². The zero-order valence-corrected chi connectivity index (χ0v) is 9.64. The summed E-state index contributed by atoms with van der Waals surface area (Å²) >= 11 is 0. The van der Waals surface area contributed by atoms with E-state index in [1.54, 1.807) is 11.0 Å². The number of nitrogens with one attached hydrogen (secondary N) is 1. The quantitative estimate of drug-likeness (QED) is 0.798. The van der Waals surface area contributed by atoms with Crippen LogP contribution in [0.3, 0.4) is 0 Å². The highest BCUT2D eigenvalue weighted by Gasteiger charge is 2.36. The Morgan fingerprint density at radius 1 is 1.53 bits per heavy atom. The van der Waals surface area contributed by atoms with Crippen LogP contribution in [0.25, 0.3) is 0 Å². The van der Waals surface area contributed by atoms with Crippen LogP contribution in [-0.4, -0.2) is 18.4 Å².